The number of likely N-dealkylation sites (tertiary alicyclic amines) is 1. The van der Waals surface area contributed by atoms with Crippen LogP contribution in [0.4, 0.5) is 10.5 Å². The Morgan fingerprint density at radius 3 is 2.32 bits per heavy atom. The number of rotatable bonds is 3. The van der Waals surface area contributed by atoms with Crippen LogP contribution < -0.4 is 5.32 Å². The van der Waals surface area contributed by atoms with Crippen LogP contribution in [0.5, 0.6) is 0 Å². The number of anilines is 1. The van der Waals surface area contributed by atoms with Gasteiger partial charge in [-0.1, -0.05) is 6.07 Å². The molecule has 5 nitrogen and oxygen atoms in total. The predicted molar refractivity (Wildman–Crippen MR) is 85.9 cm³/mol. The highest BCUT2D eigenvalue weighted by molar-refractivity contribution is 5.92. The van der Waals surface area contributed by atoms with Gasteiger partial charge in [-0.25, -0.2) is 4.79 Å². The minimum absolute atomic E-state index is 0.0357. The van der Waals surface area contributed by atoms with Crippen molar-refractivity contribution >= 4 is 17.7 Å². The summed E-state index contributed by atoms with van der Waals surface area (Å²) < 4.78 is 4.99. The molecule has 1 heterocycles. The van der Waals surface area contributed by atoms with Crippen molar-refractivity contribution < 1.29 is 14.3 Å². The zero-order valence-electron chi connectivity index (χ0n) is 13.5. The third-order valence-electron chi connectivity index (χ3n) is 3.88. The van der Waals surface area contributed by atoms with E-state index in [1.807, 2.05) is 26.0 Å². The van der Waals surface area contributed by atoms with Crippen molar-refractivity contribution in [2.45, 2.75) is 33.6 Å². The Bertz CT molecular complexity index is 529. The Labute approximate surface area is 131 Å². The Morgan fingerprint density at radius 1 is 1.18 bits per heavy atom. The van der Waals surface area contributed by atoms with E-state index in [9.17, 15) is 9.59 Å². The van der Waals surface area contributed by atoms with Crippen LogP contribution in [0.1, 0.15) is 30.9 Å². The second kappa shape index (κ2) is 7.29. The molecule has 1 aromatic rings. The molecule has 5 heteroatoms. The van der Waals surface area contributed by atoms with Gasteiger partial charge in [-0.3, -0.25) is 4.79 Å². The first-order chi connectivity index (χ1) is 10.5. The van der Waals surface area contributed by atoms with Gasteiger partial charge in [0.1, 0.15) is 0 Å². The first-order valence-electron chi connectivity index (χ1n) is 7.80. The molecule has 22 heavy (non-hydrogen) atoms. The molecule has 0 radical (unpaired) electrons. The fourth-order valence-electron chi connectivity index (χ4n) is 2.83. The van der Waals surface area contributed by atoms with Crippen molar-refractivity contribution in [3.63, 3.8) is 0 Å². The molecule has 120 valence electrons. The zero-order chi connectivity index (χ0) is 16.1. The van der Waals surface area contributed by atoms with Crippen LogP contribution in [0.15, 0.2) is 18.2 Å². The molecule has 1 aliphatic rings. The number of piperidine rings is 1. The number of amides is 2. The number of hydrogen-bond donors (Lipinski definition) is 1. The Hall–Kier alpha value is -2.04. The van der Waals surface area contributed by atoms with Crippen molar-refractivity contribution in [2.24, 2.45) is 5.92 Å². The summed E-state index contributed by atoms with van der Waals surface area (Å²) in [5, 5.41) is 2.99. The lowest BCUT2D eigenvalue weighted by Crippen LogP contribution is -2.41. The van der Waals surface area contributed by atoms with Gasteiger partial charge in [0.05, 0.1) is 6.61 Å². The zero-order valence-corrected chi connectivity index (χ0v) is 13.5. The number of ether oxygens (including phenoxy) is 1. The van der Waals surface area contributed by atoms with Gasteiger partial charge in [-0.15, -0.1) is 0 Å². The Kier molecular flexibility index (Phi) is 5.41. The first kappa shape index (κ1) is 16.3. The van der Waals surface area contributed by atoms with Gasteiger partial charge in [-0.05, 0) is 56.9 Å². The second-order valence-electron chi connectivity index (χ2n) is 5.83. The molecule has 0 saturated carbocycles. The fourth-order valence-corrected chi connectivity index (χ4v) is 2.83. The first-order valence-corrected chi connectivity index (χ1v) is 7.80. The number of benzene rings is 1. The molecule has 0 bridgehead atoms. The van der Waals surface area contributed by atoms with Crippen molar-refractivity contribution in [2.75, 3.05) is 25.0 Å². The molecule has 1 aliphatic heterocycles. The van der Waals surface area contributed by atoms with E-state index in [1.165, 1.54) is 0 Å². The highest BCUT2D eigenvalue weighted by Crippen LogP contribution is 2.21. The number of nitrogens with zero attached hydrogens (tertiary/aromatic N) is 1. The van der Waals surface area contributed by atoms with Gasteiger partial charge < -0.3 is 15.0 Å². The summed E-state index contributed by atoms with van der Waals surface area (Å²) in [7, 11) is 0. The largest absolute Gasteiger partial charge is 0.450 e. The van der Waals surface area contributed by atoms with Crippen LogP contribution in [-0.2, 0) is 9.53 Å². The third-order valence-corrected chi connectivity index (χ3v) is 3.88. The Balaban J connectivity index is 1.88. The molecule has 0 aliphatic carbocycles. The molecule has 0 atom stereocenters. The fraction of sp³-hybridized carbons (Fsp3) is 0.529. The van der Waals surface area contributed by atoms with Crippen LogP contribution in [-0.4, -0.2) is 36.6 Å². The van der Waals surface area contributed by atoms with Crippen molar-refractivity contribution in [1.82, 2.24) is 4.90 Å². The molecule has 2 amide bonds. The summed E-state index contributed by atoms with van der Waals surface area (Å²) >= 11 is 0. The molecule has 0 unspecified atom stereocenters. The average molecular weight is 304 g/mol. The molecule has 1 saturated heterocycles. The normalized spacial score (nSPS) is 15.5. The number of nitrogens with one attached hydrogen (secondary N) is 1. The third kappa shape index (κ3) is 4.23. The van der Waals surface area contributed by atoms with Gasteiger partial charge in [0, 0.05) is 24.7 Å². The van der Waals surface area contributed by atoms with E-state index in [0.717, 1.165) is 16.8 Å². The van der Waals surface area contributed by atoms with Crippen LogP contribution in [0, 0.1) is 19.8 Å². The predicted octanol–water partition coefficient (Wildman–Crippen LogP) is 3.11. The number of carbonyl (C=O) groups is 2. The number of hydrogen-bond acceptors (Lipinski definition) is 3. The summed E-state index contributed by atoms with van der Waals surface area (Å²) in [4.78, 5) is 25.7. The number of aryl methyl sites for hydroxylation is 2. The smallest absolute Gasteiger partial charge is 0.409 e. The standard InChI is InChI=1S/C17H24N2O3/c1-4-22-17(21)19-7-5-14(6-8-19)16(20)18-15-10-12(2)9-13(3)11-15/h9-11,14H,4-8H2,1-3H3,(H,18,20). The number of carbonyl (C=O) groups excluding carboxylic acids is 2. The molecule has 2 rings (SSSR count). The van der Waals surface area contributed by atoms with Gasteiger partial charge >= 0.3 is 6.09 Å². The van der Waals surface area contributed by atoms with Crippen LogP contribution >= 0.6 is 0 Å². The van der Waals surface area contributed by atoms with Gasteiger partial charge in [0.2, 0.25) is 5.91 Å². The molecule has 0 spiro atoms. The topological polar surface area (TPSA) is 58.6 Å². The van der Waals surface area contributed by atoms with E-state index < -0.39 is 0 Å². The van der Waals surface area contributed by atoms with Crippen molar-refractivity contribution in [1.29, 1.82) is 0 Å². The maximum atomic E-state index is 12.3. The van der Waals surface area contributed by atoms with E-state index in [4.69, 9.17) is 4.74 Å². The van der Waals surface area contributed by atoms with Gasteiger partial charge in [0.25, 0.3) is 0 Å². The van der Waals surface area contributed by atoms with Crippen LogP contribution in [0.25, 0.3) is 0 Å². The minimum atomic E-state index is -0.282. The molecule has 0 aromatic heterocycles. The van der Waals surface area contributed by atoms with Crippen molar-refractivity contribution in [3.05, 3.63) is 29.3 Å². The summed E-state index contributed by atoms with van der Waals surface area (Å²) in [6.07, 6.45) is 1.07. The van der Waals surface area contributed by atoms with E-state index >= 15 is 0 Å². The molecular weight excluding hydrogens is 280 g/mol. The average Bonchev–Trinajstić information content (AvgIpc) is 2.46. The van der Waals surface area contributed by atoms with E-state index in [-0.39, 0.29) is 17.9 Å². The maximum Gasteiger partial charge on any atom is 0.409 e. The van der Waals surface area contributed by atoms with E-state index in [0.29, 0.717) is 32.5 Å². The van der Waals surface area contributed by atoms with Gasteiger partial charge in [-0.2, -0.15) is 0 Å². The van der Waals surface area contributed by atoms with Gasteiger partial charge in [0.15, 0.2) is 0 Å². The summed E-state index contributed by atoms with van der Waals surface area (Å²) in [6.45, 7) is 7.35. The second-order valence-corrected chi connectivity index (χ2v) is 5.83. The molecular formula is C17H24N2O3. The summed E-state index contributed by atoms with van der Waals surface area (Å²) in [5.74, 6) is -0.0139. The lowest BCUT2D eigenvalue weighted by atomic mass is 9.96. The summed E-state index contributed by atoms with van der Waals surface area (Å²) in [5.41, 5.74) is 3.11. The quantitative estimate of drug-likeness (QED) is 0.933. The monoisotopic (exact) mass is 304 g/mol. The van der Waals surface area contributed by atoms with Crippen LogP contribution in [0.2, 0.25) is 0 Å². The van der Waals surface area contributed by atoms with E-state index in [1.54, 1.807) is 11.8 Å². The SMILES string of the molecule is CCOC(=O)N1CCC(C(=O)Nc2cc(C)cc(C)c2)CC1. The molecule has 1 fully saturated rings. The lowest BCUT2D eigenvalue weighted by Gasteiger charge is -2.30. The van der Waals surface area contributed by atoms with Crippen molar-refractivity contribution in [3.8, 4) is 0 Å². The molecule has 1 N–H and O–H groups in total. The summed E-state index contributed by atoms with van der Waals surface area (Å²) in [6, 6.07) is 6.02. The van der Waals surface area contributed by atoms with E-state index in [2.05, 4.69) is 11.4 Å². The highest BCUT2D eigenvalue weighted by atomic mass is 16.6. The molecule has 1 aromatic carbocycles. The van der Waals surface area contributed by atoms with Crippen LogP contribution in [0.3, 0.4) is 0 Å². The highest BCUT2D eigenvalue weighted by Gasteiger charge is 2.27. The lowest BCUT2D eigenvalue weighted by molar-refractivity contribution is -0.121. The maximum absolute atomic E-state index is 12.3. The minimum Gasteiger partial charge on any atom is -0.450 e. The Morgan fingerprint density at radius 2 is 1.77 bits per heavy atom.